The van der Waals surface area contributed by atoms with Crippen LogP contribution in [0.4, 0.5) is 0 Å². The second-order valence-electron chi connectivity index (χ2n) is 16.6. The van der Waals surface area contributed by atoms with Crippen molar-refractivity contribution >= 4 is 70.9 Å². The Morgan fingerprint density at radius 2 is 1.00 bits per heavy atom. The smallest absolute Gasteiger partial charge is 0.221 e. The Balaban J connectivity index is 1.03. The summed E-state index contributed by atoms with van der Waals surface area (Å²) in [5.74, 6) is 0.830. The fraction of sp³-hybridized carbons (Fsp3) is 0.0545. The summed E-state index contributed by atoms with van der Waals surface area (Å²) in [5, 5.41) is 8.36. The first-order chi connectivity index (χ1) is 29.0. The van der Waals surface area contributed by atoms with Gasteiger partial charge in [0.2, 0.25) is 5.95 Å². The maximum Gasteiger partial charge on any atom is 0.221 e. The number of nitrogens with zero attached hydrogens (tertiary/aromatic N) is 4. The van der Waals surface area contributed by atoms with Gasteiger partial charge in [-0.3, -0.25) is 8.97 Å². The number of rotatable bonds is 3. The molecule has 13 rings (SSSR count). The molecule has 0 bridgehead atoms. The maximum absolute atomic E-state index is 5.46. The van der Waals surface area contributed by atoms with Crippen molar-refractivity contribution in [3.63, 3.8) is 0 Å². The Morgan fingerprint density at radius 3 is 1.81 bits per heavy atom. The maximum atomic E-state index is 5.46. The van der Waals surface area contributed by atoms with Crippen molar-refractivity contribution in [2.45, 2.75) is 19.3 Å². The fourth-order valence-corrected chi connectivity index (χ4v) is 10.2. The molecule has 3 aromatic heterocycles. The van der Waals surface area contributed by atoms with Crippen molar-refractivity contribution in [2.75, 3.05) is 0 Å². The average Bonchev–Trinajstić information content (AvgIpc) is 3.91. The molecule has 4 nitrogen and oxygen atoms in total. The van der Waals surface area contributed by atoms with E-state index in [0.29, 0.717) is 0 Å². The third-order valence-corrected chi connectivity index (χ3v) is 13.1. The van der Waals surface area contributed by atoms with Crippen LogP contribution in [0.5, 0.6) is 0 Å². The molecule has 0 fully saturated rings. The van der Waals surface area contributed by atoms with E-state index in [1.54, 1.807) is 0 Å². The van der Waals surface area contributed by atoms with Crippen LogP contribution in [0.15, 0.2) is 182 Å². The lowest BCUT2D eigenvalue weighted by molar-refractivity contribution is 0.661. The Hall–Kier alpha value is -7.56. The van der Waals surface area contributed by atoms with E-state index < -0.39 is 0 Å². The highest BCUT2D eigenvalue weighted by molar-refractivity contribution is 6.22. The third kappa shape index (κ3) is 4.49. The molecular formula is C55H36N4. The lowest BCUT2D eigenvalue weighted by atomic mass is 9.80. The van der Waals surface area contributed by atoms with Crippen LogP contribution in [0.3, 0.4) is 0 Å². The minimum absolute atomic E-state index is 0.176. The quantitative estimate of drug-likeness (QED) is 0.180. The molecule has 0 unspecified atom stereocenters. The zero-order chi connectivity index (χ0) is 39.0. The second kappa shape index (κ2) is 11.7. The Bertz CT molecular complexity index is 3770. The Kier molecular flexibility index (Phi) is 6.48. The van der Waals surface area contributed by atoms with Crippen LogP contribution >= 0.6 is 0 Å². The predicted octanol–water partition coefficient (Wildman–Crippen LogP) is 14.1. The number of hydrogen-bond donors (Lipinski definition) is 0. The normalized spacial score (nSPS) is 13.4. The predicted molar refractivity (Wildman–Crippen MR) is 246 cm³/mol. The highest BCUT2D eigenvalue weighted by Crippen LogP contribution is 2.51. The molecule has 0 amide bonds. The molecule has 1 aliphatic rings. The number of fused-ring (bicyclic) bond motifs is 14. The van der Waals surface area contributed by atoms with Gasteiger partial charge in [0.25, 0.3) is 0 Å². The molecule has 3 heterocycles. The Morgan fingerprint density at radius 1 is 0.407 bits per heavy atom. The first-order valence-electron chi connectivity index (χ1n) is 20.4. The SMILES string of the molecule is CC1(C)c2cc(-c3ccc4ccccc4c3)ccc2-c2ccc(-c3cc4c5ccccc5n(-c5nc6ccccc6c6nc7ccccc7n56)c4c4ccccc34)cc21. The molecule has 0 saturated heterocycles. The van der Waals surface area contributed by atoms with Crippen LogP contribution in [0.25, 0.3) is 110 Å². The van der Waals surface area contributed by atoms with E-state index in [1.807, 2.05) is 0 Å². The van der Waals surface area contributed by atoms with Gasteiger partial charge in [0, 0.05) is 27.0 Å². The van der Waals surface area contributed by atoms with Gasteiger partial charge >= 0.3 is 0 Å². The monoisotopic (exact) mass is 752 g/mol. The van der Waals surface area contributed by atoms with Crippen LogP contribution < -0.4 is 0 Å². The van der Waals surface area contributed by atoms with Gasteiger partial charge in [-0.25, -0.2) is 9.97 Å². The minimum atomic E-state index is -0.176. The highest BCUT2D eigenvalue weighted by atomic mass is 15.2. The molecular weight excluding hydrogens is 717 g/mol. The van der Waals surface area contributed by atoms with Crippen LogP contribution in [-0.2, 0) is 5.41 Å². The van der Waals surface area contributed by atoms with Gasteiger partial charge in [0.05, 0.1) is 27.6 Å². The van der Waals surface area contributed by atoms with E-state index in [0.717, 1.165) is 44.6 Å². The highest BCUT2D eigenvalue weighted by Gasteiger charge is 2.36. The topological polar surface area (TPSA) is 35.1 Å². The van der Waals surface area contributed by atoms with Gasteiger partial charge in [-0.1, -0.05) is 141 Å². The molecule has 0 spiro atoms. The van der Waals surface area contributed by atoms with Crippen LogP contribution in [-0.4, -0.2) is 18.9 Å². The zero-order valence-corrected chi connectivity index (χ0v) is 32.6. The second-order valence-corrected chi connectivity index (χ2v) is 16.6. The number of imidazole rings is 1. The average molecular weight is 753 g/mol. The molecule has 0 radical (unpaired) electrons. The third-order valence-electron chi connectivity index (χ3n) is 13.1. The summed E-state index contributed by atoms with van der Waals surface area (Å²) in [6, 6.07) is 66.5. The van der Waals surface area contributed by atoms with E-state index in [9.17, 15) is 0 Å². The molecule has 0 aliphatic heterocycles. The van der Waals surface area contributed by atoms with E-state index in [2.05, 4.69) is 205 Å². The van der Waals surface area contributed by atoms with Crippen LogP contribution in [0.2, 0.25) is 0 Å². The van der Waals surface area contributed by atoms with Gasteiger partial charge in [-0.15, -0.1) is 0 Å². The van der Waals surface area contributed by atoms with E-state index in [1.165, 1.54) is 76.8 Å². The molecule has 4 heteroatoms. The molecule has 9 aromatic carbocycles. The summed E-state index contributed by atoms with van der Waals surface area (Å²) < 4.78 is 4.62. The van der Waals surface area contributed by atoms with Crippen molar-refractivity contribution in [3.05, 3.63) is 193 Å². The van der Waals surface area contributed by atoms with Crippen molar-refractivity contribution < 1.29 is 0 Å². The summed E-state index contributed by atoms with van der Waals surface area (Å²) in [7, 11) is 0. The fourth-order valence-electron chi connectivity index (χ4n) is 10.2. The molecule has 0 atom stereocenters. The number of benzene rings is 9. The molecule has 0 N–H and O–H groups in total. The summed E-state index contributed by atoms with van der Waals surface area (Å²) in [4.78, 5) is 10.6. The largest absolute Gasteiger partial charge is 0.278 e. The molecule has 0 saturated carbocycles. The number of para-hydroxylation sites is 4. The van der Waals surface area contributed by atoms with Gasteiger partial charge in [0.15, 0.2) is 0 Å². The van der Waals surface area contributed by atoms with Crippen LogP contribution in [0, 0.1) is 0 Å². The standard InChI is InChI=1S/C55H36N4/c1-55(2)46-30-36(35-24-23-33-13-3-4-14-34(33)29-35)25-27-39(46)40-28-26-37(31-47(40)55)44-32-45-41-16-8-11-21-50(41)58(52(45)42-17-6-5-15-38(42)44)54-57-48-19-9-7-18-43(48)53-56-49-20-10-12-22-51(49)59(53)54/h3-32H,1-2H3. The molecule has 1 aliphatic carbocycles. The first kappa shape index (κ1) is 32.5. The molecule has 59 heavy (non-hydrogen) atoms. The minimum Gasteiger partial charge on any atom is -0.278 e. The van der Waals surface area contributed by atoms with E-state index >= 15 is 0 Å². The van der Waals surface area contributed by atoms with Gasteiger partial charge in [0.1, 0.15) is 5.65 Å². The van der Waals surface area contributed by atoms with Gasteiger partial charge in [-0.2, -0.15) is 0 Å². The summed E-state index contributed by atoms with van der Waals surface area (Å²) in [6.45, 7) is 4.77. The summed E-state index contributed by atoms with van der Waals surface area (Å²) >= 11 is 0. The van der Waals surface area contributed by atoms with Gasteiger partial charge in [-0.05, 0) is 115 Å². The Labute approximate surface area is 340 Å². The van der Waals surface area contributed by atoms with Crippen molar-refractivity contribution in [1.82, 2.24) is 18.9 Å². The number of hydrogen-bond acceptors (Lipinski definition) is 2. The van der Waals surface area contributed by atoms with Crippen molar-refractivity contribution in [1.29, 1.82) is 0 Å². The molecule has 276 valence electrons. The molecule has 12 aromatic rings. The first-order valence-corrected chi connectivity index (χ1v) is 20.4. The van der Waals surface area contributed by atoms with Crippen molar-refractivity contribution in [3.8, 4) is 39.3 Å². The van der Waals surface area contributed by atoms with E-state index in [4.69, 9.17) is 9.97 Å². The summed E-state index contributed by atoms with van der Waals surface area (Å²) in [5.41, 5.74) is 16.2. The number of aromatic nitrogens is 4. The van der Waals surface area contributed by atoms with Gasteiger partial charge < -0.3 is 0 Å². The lowest BCUT2D eigenvalue weighted by Gasteiger charge is -2.23. The summed E-state index contributed by atoms with van der Waals surface area (Å²) in [6.07, 6.45) is 0. The van der Waals surface area contributed by atoms with E-state index in [-0.39, 0.29) is 5.41 Å². The zero-order valence-electron chi connectivity index (χ0n) is 32.6. The van der Waals surface area contributed by atoms with Crippen molar-refractivity contribution in [2.24, 2.45) is 0 Å². The lowest BCUT2D eigenvalue weighted by Crippen LogP contribution is -2.15. The van der Waals surface area contributed by atoms with Crippen LogP contribution in [0.1, 0.15) is 25.0 Å².